The zero-order valence-electron chi connectivity index (χ0n) is 5.71. The minimum atomic E-state index is -0.972. The van der Waals surface area contributed by atoms with Gasteiger partial charge >= 0.3 is 5.97 Å². The molecule has 1 unspecified atom stereocenters. The van der Waals surface area contributed by atoms with Crippen LogP contribution in [0.15, 0.2) is 0 Å². The molecule has 5 nitrogen and oxygen atoms in total. The summed E-state index contributed by atoms with van der Waals surface area (Å²) in [6, 6.07) is -0.692. The number of primary amides is 1. The first-order valence-electron chi connectivity index (χ1n) is 2.95. The van der Waals surface area contributed by atoms with Crippen LogP contribution in [0.4, 0.5) is 0 Å². The van der Waals surface area contributed by atoms with Crippen LogP contribution in [-0.4, -0.2) is 23.0 Å². The van der Waals surface area contributed by atoms with Crippen LogP contribution < -0.4 is 9.26 Å². The van der Waals surface area contributed by atoms with Crippen LogP contribution in [0.25, 0.3) is 0 Å². The number of nitrogens with two attached hydrogens (primary N) is 1. The topological polar surface area (TPSA) is 92.4 Å². The predicted octanol–water partition coefficient (Wildman–Crippen LogP) is -0.355. The van der Waals surface area contributed by atoms with Crippen LogP contribution in [0.1, 0.15) is 12.8 Å². The molecule has 1 amide bonds. The van der Waals surface area contributed by atoms with Gasteiger partial charge < -0.3 is 10.8 Å². The van der Waals surface area contributed by atoms with Crippen molar-refractivity contribution in [2.45, 2.75) is 18.9 Å². The van der Waals surface area contributed by atoms with E-state index in [2.05, 4.69) is 3.53 Å². The lowest BCUT2D eigenvalue weighted by Gasteiger charge is -2.06. The summed E-state index contributed by atoms with van der Waals surface area (Å²) in [5.74, 6) is -1.46. The number of carboxylic acid groups (broad SMARTS) is 1. The molecule has 0 aromatic carbocycles. The van der Waals surface area contributed by atoms with Gasteiger partial charge in [-0.2, -0.15) is 0 Å². The maximum absolute atomic E-state index is 10.3. The first-order chi connectivity index (χ1) is 5.07. The Morgan fingerprint density at radius 3 is 2.45 bits per heavy atom. The summed E-state index contributed by atoms with van der Waals surface area (Å²) < 4.78 is 2.52. The third-order valence-electron chi connectivity index (χ3n) is 1.11. The lowest BCUT2D eigenvalue weighted by Crippen LogP contribution is -2.31. The molecule has 0 bridgehead atoms. The molecule has 0 aliphatic rings. The van der Waals surface area contributed by atoms with Crippen molar-refractivity contribution in [1.82, 2.24) is 3.53 Å². The summed E-state index contributed by atoms with van der Waals surface area (Å²) in [5.41, 5.74) is 4.83. The quantitative estimate of drug-likeness (QED) is 0.471. The van der Waals surface area contributed by atoms with E-state index in [0.717, 1.165) is 0 Å². The van der Waals surface area contributed by atoms with Crippen molar-refractivity contribution in [1.29, 1.82) is 0 Å². The van der Waals surface area contributed by atoms with Gasteiger partial charge in [-0.05, 0) is 6.42 Å². The molecular weight excluding hydrogens is 263 g/mol. The van der Waals surface area contributed by atoms with E-state index in [9.17, 15) is 9.59 Å². The van der Waals surface area contributed by atoms with E-state index >= 15 is 0 Å². The number of amides is 1. The molecule has 0 fully saturated rings. The molecule has 64 valence electrons. The van der Waals surface area contributed by atoms with Crippen LogP contribution in [0.5, 0.6) is 0 Å². The van der Waals surface area contributed by atoms with Gasteiger partial charge in [0.25, 0.3) is 0 Å². The Morgan fingerprint density at radius 1 is 1.64 bits per heavy atom. The highest BCUT2D eigenvalue weighted by Crippen LogP contribution is 1.98. The van der Waals surface area contributed by atoms with Gasteiger partial charge in [0, 0.05) is 29.3 Å². The molecule has 0 aliphatic heterocycles. The lowest BCUT2D eigenvalue weighted by atomic mass is 10.2. The fraction of sp³-hybridized carbons (Fsp3) is 0.600. The smallest absolute Gasteiger partial charge is 0.321 e. The Morgan fingerprint density at radius 2 is 2.18 bits per heavy atom. The summed E-state index contributed by atoms with van der Waals surface area (Å²) >= 11 is 1.73. The van der Waals surface area contributed by atoms with Gasteiger partial charge in [0.1, 0.15) is 6.04 Å². The fourth-order valence-corrected chi connectivity index (χ4v) is 1.09. The average molecular weight is 272 g/mol. The second-order valence-electron chi connectivity index (χ2n) is 2.00. The maximum atomic E-state index is 10.3. The second-order valence-corrected chi connectivity index (χ2v) is 2.63. The molecule has 0 rings (SSSR count). The third-order valence-corrected chi connectivity index (χ3v) is 1.86. The highest BCUT2D eigenvalue weighted by atomic mass is 127. The lowest BCUT2D eigenvalue weighted by molar-refractivity contribution is -0.139. The summed E-state index contributed by atoms with van der Waals surface area (Å²) in [7, 11) is 0. The van der Waals surface area contributed by atoms with Gasteiger partial charge in [-0.1, -0.05) is 0 Å². The summed E-state index contributed by atoms with van der Waals surface area (Å²) in [4.78, 5) is 20.6. The monoisotopic (exact) mass is 272 g/mol. The van der Waals surface area contributed by atoms with Gasteiger partial charge in [0.15, 0.2) is 0 Å². The highest BCUT2D eigenvalue weighted by Gasteiger charge is 2.15. The number of carbonyl (C=O) groups excluding carboxylic acids is 1. The van der Waals surface area contributed by atoms with E-state index < -0.39 is 17.9 Å². The van der Waals surface area contributed by atoms with Crippen molar-refractivity contribution in [2.75, 3.05) is 0 Å². The molecule has 6 heteroatoms. The minimum Gasteiger partial charge on any atom is -0.480 e. The molecule has 0 aromatic heterocycles. The van der Waals surface area contributed by atoms with Crippen LogP contribution in [-0.2, 0) is 9.59 Å². The number of aliphatic carboxylic acids is 1. The normalized spacial score (nSPS) is 12.5. The van der Waals surface area contributed by atoms with E-state index in [1.54, 1.807) is 22.9 Å². The van der Waals surface area contributed by atoms with E-state index in [4.69, 9.17) is 10.8 Å². The van der Waals surface area contributed by atoms with E-state index in [1.165, 1.54) is 0 Å². The summed E-state index contributed by atoms with van der Waals surface area (Å²) in [6.45, 7) is 0. The van der Waals surface area contributed by atoms with Crippen LogP contribution in [0.3, 0.4) is 0 Å². The molecule has 0 radical (unpaired) electrons. The molecule has 0 aliphatic carbocycles. The number of carboxylic acids is 1. The molecule has 4 N–H and O–H groups in total. The minimum absolute atomic E-state index is 0.0902. The first-order valence-corrected chi connectivity index (χ1v) is 4.03. The van der Waals surface area contributed by atoms with Crippen LogP contribution in [0, 0.1) is 0 Å². The number of hydrogen-bond acceptors (Lipinski definition) is 3. The Hall–Kier alpha value is -0.370. The van der Waals surface area contributed by atoms with Crippen molar-refractivity contribution >= 4 is 34.7 Å². The van der Waals surface area contributed by atoms with Gasteiger partial charge in [0.2, 0.25) is 5.91 Å². The Kier molecular flexibility index (Phi) is 5.12. The average Bonchev–Trinajstić information content (AvgIpc) is 1.87. The van der Waals surface area contributed by atoms with Gasteiger partial charge in [0.05, 0.1) is 0 Å². The first kappa shape index (κ1) is 10.6. The number of rotatable bonds is 5. The number of nitrogens with one attached hydrogen (secondary N) is 1. The van der Waals surface area contributed by atoms with Gasteiger partial charge in [-0.25, -0.2) is 3.53 Å². The standard InChI is InChI=1S/C5H9IN2O3/c6-8-3(5(10)11)1-2-4(7)9/h3,8H,1-2H2,(H2,7,9)(H,10,11). The zero-order chi connectivity index (χ0) is 8.85. The number of hydrogen-bond donors (Lipinski definition) is 3. The number of halogens is 1. The van der Waals surface area contributed by atoms with Crippen LogP contribution in [0.2, 0.25) is 0 Å². The molecule has 0 saturated carbocycles. The molecular formula is C5H9IN2O3. The van der Waals surface area contributed by atoms with Crippen LogP contribution >= 0.6 is 22.9 Å². The van der Waals surface area contributed by atoms with Crippen molar-refractivity contribution < 1.29 is 14.7 Å². The molecule has 0 aromatic rings. The van der Waals surface area contributed by atoms with Gasteiger partial charge in [-0.3, -0.25) is 9.59 Å². The largest absolute Gasteiger partial charge is 0.480 e. The fourth-order valence-electron chi connectivity index (χ4n) is 0.511. The summed E-state index contributed by atoms with van der Waals surface area (Å²) in [5, 5.41) is 8.47. The summed E-state index contributed by atoms with van der Waals surface area (Å²) in [6.07, 6.45) is 0.320. The molecule has 11 heavy (non-hydrogen) atoms. The molecule has 0 saturated heterocycles. The van der Waals surface area contributed by atoms with Gasteiger partial charge in [-0.15, -0.1) is 0 Å². The van der Waals surface area contributed by atoms with Crippen molar-refractivity contribution in [2.24, 2.45) is 5.73 Å². The second kappa shape index (κ2) is 5.30. The highest BCUT2D eigenvalue weighted by molar-refractivity contribution is 14.1. The SMILES string of the molecule is NC(=O)CCC(NI)C(=O)O. The molecule has 0 spiro atoms. The molecule has 1 atom stereocenters. The van der Waals surface area contributed by atoms with Crippen molar-refractivity contribution in [3.8, 4) is 0 Å². The predicted molar refractivity (Wildman–Crippen MR) is 47.0 cm³/mol. The number of carbonyl (C=O) groups is 2. The molecule has 0 heterocycles. The Balaban J connectivity index is 3.70. The van der Waals surface area contributed by atoms with Crippen molar-refractivity contribution in [3.05, 3.63) is 0 Å². The third kappa shape index (κ3) is 4.96. The van der Waals surface area contributed by atoms with E-state index in [-0.39, 0.29) is 12.8 Å². The van der Waals surface area contributed by atoms with E-state index in [1.807, 2.05) is 0 Å². The Bertz CT molecular complexity index is 162. The van der Waals surface area contributed by atoms with E-state index in [0.29, 0.717) is 0 Å². The van der Waals surface area contributed by atoms with Crippen molar-refractivity contribution in [3.63, 3.8) is 0 Å². The Labute approximate surface area is 77.8 Å². The zero-order valence-corrected chi connectivity index (χ0v) is 7.87. The maximum Gasteiger partial charge on any atom is 0.321 e.